The van der Waals surface area contributed by atoms with Crippen LogP contribution in [0.5, 0.6) is 0 Å². The normalized spacial score (nSPS) is 12.6. The van der Waals surface area contributed by atoms with E-state index in [1.54, 1.807) is 0 Å². The Hall–Kier alpha value is -1.66. The molecule has 0 aromatic heterocycles. The molecule has 87 heavy (non-hydrogen) atoms. The number of carbonyl (C=O) groups is 2. The molecule has 2 atom stereocenters. The number of esters is 1. The van der Waals surface area contributed by atoms with Gasteiger partial charge in [-0.3, -0.25) is 9.59 Å². The SMILES string of the molecule is CCCCCCCCCCCCCCCCCCCCCC(O)C(CO)NC(=O)CCCCCCCCCCCCCCCCCCC/C=C\C/C=C\CCCCCCCCCCCCCCCOC(=O)CCCCCCCCCCCCCCCC. The number of hydrogen-bond donors (Lipinski definition) is 3. The largest absolute Gasteiger partial charge is 0.466 e. The van der Waals surface area contributed by atoms with E-state index in [9.17, 15) is 19.8 Å². The average Bonchev–Trinajstić information content (AvgIpc) is 3.53. The molecule has 2 unspecified atom stereocenters. The van der Waals surface area contributed by atoms with Crippen LogP contribution in [-0.4, -0.2) is 47.4 Å². The van der Waals surface area contributed by atoms with Crippen LogP contribution < -0.4 is 5.32 Å². The van der Waals surface area contributed by atoms with Gasteiger partial charge >= 0.3 is 5.97 Å². The standard InChI is InChI=1S/C81H157NO5/c1-3-5-7-9-11-13-15-17-19-20-40-43-46-49-53-57-61-65-69-73-79(84)78(77-83)82-80(85)74-70-66-62-58-54-50-47-44-41-38-36-34-32-30-28-26-24-22-21-23-25-27-29-31-33-35-37-39-42-45-48-52-56-60-64-68-72-76-87-81(86)75-71-67-63-59-55-51-18-16-14-12-10-8-6-4-2/h21,23,27,29,78-79,83-84H,3-20,22,24-26,28,30-77H2,1-2H3,(H,82,85)/b23-21-,29-27-. The molecular weight excluding hydrogens is 1070 g/mol. The third kappa shape index (κ3) is 73.3. The van der Waals surface area contributed by atoms with Gasteiger partial charge in [-0.15, -0.1) is 0 Å². The number of amides is 1. The first-order valence-corrected chi connectivity index (χ1v) is 40.1. The molecule has 3 N–H and O–H groups in total. The molecule has 6 heteroatoms. The summed E-state index contributed by atoms with van der Waals surface area (Å²) in [6.07, 6.45) is 98.5. The van der Waals surface area contributed by atoms with Crippen LogP contribution >= 0.6 is 0 Å². The minimum Gasteiger partial charge on any atom is -0.466 e. The van der Waals surface area contributed by atoms with Crippen molar-refractivity contribution < 1.29 is 24.5 Å². The Bertz CT molecular complexity index is 1360. The number of ether oxygens (including phenoxy) is 1. The topological polar surface area (TPSA) is 95.9 Å². The van der Waals surface area contributed by atoms with Crippen LogP contribution in [0.25, 0.3) is 0 Å². The zero-order chi connectivity index (χ0) is 62.8. The summed E-state index contributed by atoms with van der Waals surface area (Å²) >= 11 is 0. The maximum Gasteiger partial charge on any atom is 0.305 e. The van der Waals surface area contributed by atoms with Crippen molar-refractivity contribution in [3.63, 3.8) is 0 Å². The zero-order valence-corrected chi connectivity index (χ0v) is 59.3. The van der Waals surface area contributed by atoms with Gasteiger partial charge in [0, 0.05) is 12.8 Å². The summed E-state index contributed by atoms with van der Waals surface area (Å²) in [5, 5.41) is 23.4. The van der Waals surface area contributed by atoms with Gasteiger partial charge in [0.15, 0.2) is 0 Å². The predicted octanol–water partition coefficient (Wildman–Crippen LogP) is 26.4. The molecule has 0 aliphatic heterocycles. The van der Waals surface area contributed by atoms with Crippen LogP contribution in [-0.2, 0) is 14.3 Å². The summed E-state index contributed by atoms with van der Waals surface area (Å²) in [6, 6.07) is -0.540. The summed E-state index contributed by atoms with van der Waals surface area (Å²) in [7, 11) is 0. The zero-order valence-electron chi connectivity index (χ0n) is 59.3. The van der Waals surface area contributed by atoms with Crippen LogP contribution in [0.4, 0.5) is 0 Å². The summed E-state index contributed by atoms with van der Waals surface area (Å²) in [5.41, 5.74) is 0. The van der Waals surface area contributed by atoms with Gasteiger partial charge in [0.25, 0.3) is 0 Å². The molecule has 1 amide bonds. The van der Waals surface area contributed by atoms with E-state index in [2.05, 4.69) is 43.5 Å². The summed E-state index contributed by atoms with van der Waals surface area (Å²) in [6.45, 7) is 5.01. The van der Waals surface area contributed by atoms with Gasteiger partial charge in [0.05, 0.1) is 25.4 Å². The van der Waals surface area contributed by atoms with Gasteiger partial charge in [0.1, 0.15) is 0 Å². The minimum atomic E-state index is -0.663. The fourth-order valence-corrected chi connectivity index (χ4v) is 12.9. The number of allylic oxidation sites excluding steroid dienone is 4. The first-order chi connectivity index (χ1) is 43.0. The average molecular weight is 1230 g/mol. The van der Waals surface area contributed by atoms with Crippen molar-refractivity contribution >= 4 is 11.9 Å². The molecule has 0 spiro atoms. The maximum absolute atomic E-state index is 12.6. The van der Waals surface area contributed by atoms with Crippen molar-refractivity contribution in [2.45, 2.75) is 469 Å². The second-order valence-electron chi connectivity index (χ2n) is 27.8. The van der Waals surface area contributed by atoms with Crippen molar-refractivity contribution in [3.8, 4) is 0 Å². The van der Waals surface area contributed by atoms with Crippen LogP contribution in [0.2, 0.25) is 0 Å². The summed E-state index contributed by atoms with van der Waals surface area (Å²) < 4.78 is 5.50. The van der Waals surface area contributed by atoms with Crippen molar-refractivity contribution in [1.29, 1.82) is 0 Å². The highest BCUT2D eigenvalue weighted by Crippen LogP contribution is 2.20. The van der Waals surface area contributed by atoms with Gasteiger partial charge in [-0.05, 0) is 57.8 Å². The fourth-order valence-electron chi connectivity index (χ4n) is 12.9. The quantitative estimate of drug-likeness (QED) is 0.0320. The van der Waals surface area contributed by atoms with Crippen molar-refractivity contribution in [2.24, 2.45) is 0 Å². The van der Waals surface area contributed by atoms with E-state index in [1.807, 2.05) is 0 Å². The molecule has 516 valence electrons. The minimum absolute atomic E-state index is 0.0220. The van der Waals surface area contributed by atoms with E-state index in [0.29, 0.717) is 25.9 Å². The lowest BCUT2D eigenvalue weighted by Gasteiger charge is -2.22. The summed E-state index contributed by atoms with van der Waals surface area (Å²) in [4.78, 5) is 24.6. The van der Waals surface area contributed by atoms with E-state index in [-0.39, 0.29) is 18.5 Å². The molecule has 0 fully saturated rings. The highest BCUT2D eigenvalue weighted by molar-refractivity contribution is 5.76. The smallest absolute Gasteiger partial charge is 0.305 e. The van der Waals surface area contributed by atoms with Crippen LogP contribution in [0, 0.1) is 0 Å². The molecule has 0 aliphatic carbocycles. The maximum atomic E-state index is 12.6. The second-order valence-corrected chi connectivity index (χ2v) is 27.8. The van der Waals surface area contributed by atoms with Crippen LogP contribution in [0.1, 0.15) is 457 Å². The van der Waals surface area contributed by atoms with E-state index in [4.69, 9.17) is 4.74 Å². The van der Waals surface area contributed by atoms with Crippen LogP contribution in [0.15, 0.2) is 24.3 Å². The molecule has 0 bridgehead atoms. The second kappa shape index (κ2) is 76.8. The Morgan fingerprint density at radius 1 is 0.322 bits per heavy atom. The third-order valence-electron chi connectivity index (χ3n) is 19.0. The van der Waals surface area contributed by atoms with Gasteiger partial charge in [-0.1, -0.05) is 411 Å². The number of unbranched alkanes of at least 4 members (excludes halogenated alkanes) is 61. The highest BCUT2D eigenvalue weighted by atomic mass is 16.5. The van der Waals surface area contributed by atoms with E-state index >= 15 is 0 Å². The van der Waals surface area contributed by atoms with E-state index in [0.717, 1.165) is 44.9 Å². The molecule has 6 nitrogen and oxygen atoms in total. The first kappa shape index (κ1) is 85.3. The van der Waals surface area contributed by atoms with E-state index < -0.39 is 12.1 Å². The van der Waals surface area contributed by atoms with Crippen molar-refractivity contribution in [3.05, 3.63) is 24.3 Å². The summed E-state index contributed by atoms with van der Waals surface area (Å²) in [5.74, 6) is -0.00536. The fraction of sp³-hybridized carbons (Fsp3) is 0.926. The Balaban J connectivity index is 3.35. The molecule has 0 aliphatic rings. The lowest BCUT2D eigenvalue weighted by atomic mass is 10.0. The molecule has 0 rings (SSSR count). The molecular formula is C81H157NO5. The molecule has 0 heterocycles. The van der Waals surface area contributed by atoms with Crippen molar-refractivity contribution in [2.75, 3.05) is 13.2 Å². The third-order valence-corrected chi connectivity index (χ3v) is 19.0. The molecule has 0 radical (unpaired) electrons. The Labute approximate surface area is 545 Å². The number of nitrogens with one attached hydrogen (secondary N) is 1. The molecule has 0 saturated heterocycles. The van der Waals surface area contributed by atoms with E-state index in [1.165, 1.54) is 379 Å². The van der Waals surface area contributed by atoms with Gasteiger partial charge in [-0.2, -0.15) is 0 Å². The number of carbonyl (C=O) groups excluding carboxylic acids is 2. The number of aliphatic hydroxyl groups excluding tert-OH is 2. The number of rotatable bonds is 76. The number of aliphatic hydroxyl groups is 2. The number of hydrogen-bond acceptors (Lipinski definition) is 5. The van der Waals surface area contributed by atoms with Gasteiger partial charge < -0.3 is 20.3 Å². The molecule has 0 saturated carbocycles. The van der Waals surface area contributed by atoms with Gasteiger partial charge in [0.2, 0.25) is 5.91 Å². The molecule has 0 aromatic carbocycles. The van der Waals surface area contributed by atoms with Crippen LogP contribution in [0.3, 0.4) is 0 Å². The Morgan fingerprint density at radius 2 is 0.575 bits per heavy atom. The Morgan fingerprint density at radius 3 is 0.874 bits per heavy atom. The lowest BCUT2D eigenvalue weighted by molar-refractivity contribution is -0.143. The molecule has 0 aromatic rings. The first-order valence-electron chi connectivity index (χ1n) is 40.1. The predicted molar refractivity (Wildman–Crippen MR) is 384 cm³/mol. The lowest BCUT2D eigenvalue weighted by Crippen LogP contribution is -2.45. The van der Waals surface area contributed by atoms with Gasteiger partial charge in [-0.25, -0.2) is 0 Å². The monoisotopic (exact) mass is 1220 g/mol. The van der Waals surface area contributed by atoms with Crippen molar-refractivity contribution in [1.82, 2.24) is 5.32 Å². The highest BCUT2D eigenvalue weighted by Gasteiger charge is 2.20. The Kier molecular flexibility index (Phi) is 75.3.